The SMILES string of the molecule is CC1=C(C(=O)Nc2ccccc2)C(c2ccc(Cl)cc2)n2c(s/c(=C\c3ccc([N+](=O)[O-])o3)c2=O)=N1. The summed E-state index contributed by atoms with van der Waals surface area (Å²) in [6.07, 6.45) is 1.43. The highest BCUT2D eigenvalue weighted by Gasteiger charge is 2.32. The quantitative estimate of drug-likeness (QED) is 0.315. The van der Waals surface area contributed by atoms with Crippen LogP contribution in [0.4, 0.5) is 11.6 Å². The van der Waals surface area contributed by atoms with Gasteiger partial charge in [-0.2, -0.15) is 0 Å². The van der Waals surface area contributed by atoms with Crippen molar-refractivity contribution >= 4 is 46.5 Å². The fraction of sp³-hybridized carbons (Fsp3) is 0.0800. The zero-order valence-corrected chi connectivity index (χ0v) is 20.2. The van der Waals surface area contributed by atoms with Crippen LogP contribution >= 0.6 is 22.9 Å². The Bertz CT molecular complexity index is 1700. The van der Waals surface area contributed by atoms with Crippen molar-refractivity contribution in [2.45, 2.75) is 13.0 Å². The van der Waals surface area contributed by atoms with Gasteiger partial charge in [0.1, 0.15) is 10.7 Å². The Morgan fingerprint density at radius 2 is 1.89 bits per heavy atom. The maximum atomic E-state index is 13.6. The fourth-order valence-electron chi connectivity index (χ4n) is 3.94. The molecule has 180 valence electrons. The zero-order valence-electron chi connectivity index (χ0n) is 18.7. The van der Waals surface area contributed by atoms with Crippen molar-refractivity contribution in [3.05, 3.63) is 124 Å². The van der Waals surface area contributed by atoms with Crippen molar-refractivity contribution in [2.24, 2.45) is 4.99 Å². The lowest BCUT2D eigenvalue weighted by Gasteiger charge is -2.25. The van der Waals surface area contributed by atoms with Crippen LogP contribution in [0, 0.1) is 10.1 Å². The first-order chi connectivity index (χ1) is 17.3. The molecule has 1 N–H and O–H groups in total. The average Bonchev–Trinajstić information content (AvgIpc) is 3.44. The summed E-state index contributed by atoms with van der Waals surface area (Å²) in [6, 6.07) is 17.8. The number of carbonyl (C=O) groups is 1. The van der Waals surface area contributed by atoms with Crippen LogP contribution in [0.25, 0.3) is 6.08 Å². The highest BCUT2D eigenvalue weighted by molar-refractivity contribution is 7.07. The maximum Gasteiger partial charge on any atom is 0.433 e. The number of rotatable bonds is 5. The van der Waals surface area contributed by atoms with Crippen LogP contribution in [0.15, 0.2) is 92.2 Å². The summed E-state index contributed by atoms with van der Waals surface area (Å²) >= 11 is 7.20. The Morgan fingerprint density at radius 1 is 1.17 bits per heavy atom. The first kappa shape index (κ1) is 23.5. The summed E-state index contributed by atoms with van der Waals surface area (Å²) in [5.41, 5.74) is 1.65. The molecule has 9 nitrogen and oxygen atoms in total. The third-order valence-corrected chi connectivity index (χ3v) is 6.78. The number of thiazole rings is 1. The van der Waals surface area contributed by atoms with E-state index in [2.05, 4.69) is 10.3 Å². The molecule has 2 aromatic carbocycles. The number of allylic oxidation sites excluding steroid dienone is 1. The monoisotopic (exact) mass is 520 g/mol. The molecule has 0 saturated carbocycles. The maximum absolute atomic E-state index is 13.6. The molecule has 2 aromatic heterocycles. The van der Waals surface area contributed by atoms with Gasteiger partial charge in [0.25, 0.3) is 11.5 Å². The number of nitro groups is 1. The molecule has 0 saturated heterocycles. The second-order valence-corrected chi connectivity index (χ2v) is 9.33. The second kappa shape index (κ2) is 9.40. The molecule has 1 atom stereocenters. The molecular formula is C25H17ClN4O5S. The van der Waals surface area contributed by atoms with E-state index < -0.39 is 28.3 Å². The van der Waals surface area contributed by atoms with Gasteiger partial charge in [0.15, 0.2) is 4.80 Å². The van der Waals surface area contributed by atoms with Gasteiger partial charge in [-0.15, -0.1) is 0 Å². The highest BCUT2D eigenvalue weighted by Crippen LogP contribution is 2.31. The van der Waals surface area contributed by atoms with Crippen LogP contribution in [0.1, 0.15) is 24.3 Å². The Kier molecular flexibility index (Phi) is 6.13. The van der Waals surface area contributed by atoms with Crippen LogP contribution in [-0.2, 0) is 4.79 Å². The number of anilines is 1. The number of hydrogen-bond acceptors (Lipinski definition) is 7. The molecular weight excluding hydrogens is 504 g/mol. The number of furan rings is 1. The lowest BCUT2D eigenvalue weighted by Crippen LogP contribution is -2.40. The van der Waals surface area contributed by atoms with Crippen LogP contribution in [0.2, 0.25) is 5.02 Å². The molecule has 1 unspecified atom stereocenters. The van der Waals surface area contributed by atoms with E-state index in [4.69, 9.17) is 16.0 Å². The van der Waals surface area contributed by atoms with Gasteiger partial charge in [0.2, 0.25) is 0 Å². The van der Waals surface area contributed by atoms with E-state index in [1.54, 1.807) is 55.5 Å². The van der Waals surface area contributed by atoms with E-state index in [1.165, 1.54) is 22.8 Å². The van der Waals surface area contributed by atoms with Gasteiger partial charge < -0.3 is 9.73 Å². The predicted octanol–water partition coefficient (Wildman–Crippen LogP) is 4.03. The predicted molar refractivity (Wildman–Crippen MR) is 136 cm³/mol. The zero-order chi connectivity index (χ0) is 25.4. The van der Waals surface area contributed by atoms with Crippen molar-refractivity contribution < 1.29 is 14.1 Å². The number of nitrogens with zero attached hydrogens (tertiary/aromatic N) is 3. The van der Waals surface area contributed by atoms with Gasteiger partial charge in [-0.25, -0.2) is 4.99 Å². The summed E-state index contributed by atoms with van der Waals surface area (Å²) in [5, 5.41) is 14.3. The first-order valence-electron chi connectivity index (χ1n) is 10.7. The van der Waals surface area contributed by atoms with Crippen molar-refractivity contribution in [1.82, 2.24) is 4.57 Å². The van der Waals surface area contributed by atoms with Crippen LogP contribution in [0.3, 0.4) is 0 Å². The lowest BCUT2D eigenvalue weighted by molar-refractivity contribution is -0.402. The van der Waals surface area contributed by atoms with Gasteiger partial charge in [0.05, 0.1) is 27.9 Å². The van der Waals surface area contributed by atoms with E-state index in [9.17, 15) is 19.7 Å². The van der Waals surface area contributed by atoms with Gasteiger partial charge in [-0.1, -0.05) is 53.3 Å². The smallest absolute Gasteiger partial charge is 0.401 e. The number of hydrogen-bond donors (Lipinski definition) is 1. The number of nitrogens with one attached hydrogen (secondary N) is 1. The average molecular weight is 521 g/mol. The lowest BCUT2D eigenvalue weighted by atomic mass is 9.95. The molecule has 1 aliphatic heterocycles. The molecule has 1 amide bonds. The van der Waals surface area contributed by atoms with E-state index in [0.717, 1.165) is 11.3 Å². The fourth-order valence-corrected chi connectivity index (χ4v) is 5.09. The summed E-state index contributed by atoms with van der Waals surface area (Å²) in [7, 11) is 0. The molecule has 0 radical (unpaired) electrons. The molecule has 0 spiro atoms. The number of amides is 1. The number of carbonyl (C=O) groups excluding carboxylic acids is 1. The Labute approximate surface area is 212 Å². The third-order valence-electron chi connectivity index (χ3n) is 5.55. The number of fused-ring (bicyclic) bond motifs is 1. The molecule has 1 aliphatic rings. The number of benzene rings is 2. The standard InChI is InChI=1S/C25H17ClN4O5S/c1-14-21(23(31)28-17-5-3-2-4-6-17)22(15-7-9-16(26)10-8-15)29-24(32)19(36-25(29)27-14)13-18-11-12-20(35-18)30(33)34/h2-13,22H,1H3,(H,28,31)/b19-13-. The van der Waals surface area contributed by atoms with Gasteiger partial charge in [-0.05, 0) is 42.8 Å². The topological polar surface area (TPSA) is 120 Å². The van der Waals surface area contributed by atoms with E-state index in [1.807, 2.05) is 6.07 Å². The number of aromatic nitrogens is 1. The van der Waals surface area contributed by atoms with Crippen molar-refractivity contribution in [1.29, 1.82) is 0 Å². The molecule has 5 rings (SSSR count). The molecule has 0 fully saturated rings. The largest absolute Gasteiger partial charge is 0.433 e. The van der Waals surface area contributed by atoms with Crippen molar-refractivity contribution in [3.8, 4) is 0 Å². The van der Waals surface area contributed by atoms with Gasteiger partial charge in [-0.3, -0.25) is 24.3 Å². The van der Waals surface area contributed by atoms with E-state index in [-0.39, 0.29) is 10.3 Å². The minimum absolute atomic E-state index is 0.160. The molecule has 3 heterocycles. The Morgan fingerprint density at radius 3 is 2.56 bits per heavy atom. The summed E-state index contributed by atoms with van der Waals surface area (Å²) < 4.78 is 6.90. The molecule has 4 aromatic rings. The van der Waals surface area contributed by atoms with E-state index in [0.29, 0.717) is 32.3 Å². The Balaban J connectivity index is 1.66. The minimum Gasteiger partial charge on any atom is -0.401 e. The van der Waals surface area contributed by atoms with E-state index >= 15 is 0 Å². The normalized spacial score (nSPS) is 15.4. The summed E-state index contributed by atoms with van der Waals surface area (Å²) in [4.78, 5) is 42.3. The highest BCUT2D eigenvalue weighted by atomic mass is 35.5. The van der Waals surface area contributed by atoms with Crippen LogP contribution in [0.5, 0.6) is 0 Å². The van der Waals surface area contributed by atoms with Gasteiger partial charge in [0, 0.05) is 16.8 Å². The second-order valence-electron chi connectivity index (χ2n) is 7.89. The summed E-state index contributed by atoms with van der Waals surface area (Å²) in [5.74, 6) is -0.658. The van der Waals surface area contributed by atoms with Gasteiger partial charge >= 0.3 is 5.88 Å². The molecule has 36 heavy (non-hydrogen) atoms. The molecule has 0 aliphatic carbocycles. The third kappa shape index (κ3) is 4.39. The molecule has 11 heteroatoms. The number of para-hydroxylation sites is 1. The van der Waals surface area contributed by atoms with Crippen molar-refractivity contribution in [3.63, 3.8) is 0 Å². The molecule has 0 bridgehead atoms. The number of halogens is 1. The van der Waals surface area contributed by atoms with Crippen LogP contribution < -0.4 is 20.2 Å². The minimum atomic E-state index is -0.768. The first-order valence-corrected chi connectivity index (χ1v) is 11.9. The van der Waals surface area contributed by atoms with Crippen LogP contribution in [-0.4, -0.2) is 15.4 Å². The summed E-state index contributed by atoms with van der Waals surface area (Å²) in [6.45, 7) is 1.72. The Hall–Kier alpha value is -4.28. The van der Waals surface area contributed by atoms with Crippen molar-refractivity contribution in [2.75, 3.05) is 5.32 Å².